The van der Waals surface area contributed by atoms with E-state index in [2.05, 4.69) is 5.32 Å². The molecule has 1 N–H and O–H groups in total. The first-order chi connectivity index (χ1) is 11.9. The third-order valence-corrected chi connectivity index (χ3v) is 4.49. The molecule has 0 aromatic heterocycles. The monoisotopic (exact) mass is 346 g/mol. The number of carbonyl (C=O) groups excluding carboxylic acids is 3. The molecule has 6 heteroatoms. The maximum Gasteiger partial charge on any atom is 0.326 e. The van der Waals surface area contributed by atoms with Crippen LogP contribution in [0.15, 0.2) is 18.2 Å². The zero-order chi connectivity index (χ0) is 18.4. The Morgan fingerprint density at radius 2 is 1.80 bits per heavy atom. The lowest BCUT2D eigenvalue weighted by Gasteiger charge is -2.28. The van der Waals surface area contributed by atoms with Gasteiger partial charge in [0.25, 0.3) is 11.8 Å². The van der Waals surface area contributed by atoms with E-state index in [1.54, 1.807) is 24.0 Å². The van der Waals surface area contributed by atoms with Crippen LogP contribution in [0.1, 0.15) is 47.7 Å². The predicted molar refractivity (Wildman–Crippen MR) is 94.2 cm³/mol. The lowest BCUT2D eigenvalue weighted by molar-refractivity contribution is -0.158. The van der Waals surface area contributed by atoms with Gasteiger partial charge in [-0.3, -0.25) is 14.4 Å². The van der Waals surface area contributed by atoms with E-state index in [0.717, 1.165) is 30.4 Å². The number of rotatable bonds is 5. The Balaban J connectivity index is 1.80. The summed E-state index contributed by atoms with van der Waals surface area (Å²) >= 11 is 0. The average molecular weight is 346 g/mol. The van der Waals surface area contributed by atoms with Crippen molar-refractivity contribution >= 4 is 17.8 Å². The standard InChI is InChI=1S/C19H26N2O4/c1-13-7-8-16(11-14(13)2)18(23)20-12-17(22)25-15(3)19(24)21-9-5-4-6-10-21/h7-8,11,15H,4-6,9-10,12H2,1-3H3,(H,20,23)/t15-/m1/s1. The molecule has 2 amide bonds. The van der Waals surface area contributed by atoms with Crippen molar-refractivity contribution in [1.82, 2.24) is 10.2 Å². The predicted octanol–water partition coefficient (Wildman–Crippen LogP) is 1.98. The first-order valence-corrected chi connectivity index (χ1v) is 8.72. The molecule has 2 rings (SSSR count). The minimum Gasteiger partial charge on any atom is -0.451 e. The number of carbonyl (C=O) groups is 3. The summed E-state index contributed by atoms with van der Waals surface area (Å²) in [6, 6.07) is 5.35. The highest BCUT2D eigenvalue weighted by Gasteiger charge is 2.25. The Hall–Kier alpha value is -2.37. The van der Waals surface area contributed by atoms with E-state index in [-0.39, 0.29) is 18.4 Å². The van der Waals surface area contributed by atoms with Crippen LogP contribution in [-0.4, -0.2) is 48.4 Å². The van der Waals surface area contributed by atoms with Crippen molar-refractivity contribution < 1.29 is 19.1 Å². The fourth-order valence-corrected chi connectivity index (χ4v) is 2.80. The molecule has 0 radical (unpaired) electrons. The Morgan fingerprint density at radius 3 is 2.44 bits per heavy atom. The molecule has 0 aliphatic carbocycles. The summed E-state index contributed by atoms with van der Waals surface area (Å²) in [5.74, 6) is -1.13. The van der Waals surface area contributed by atoms with Crippen molar-refractivity contribution in [2.24, 2.45) is 0 Å². The quantitative estimate of drug-likeness (QED) is 0.827. The van der Waals surface area contributed by atoms with E-state index in [1.807, 2.05) is 19.9 Å². The Bertz CT molecular complexity index is 651. The van der Waals surface area contributed by atoms with Gasteiger partial charge in [-0.15, -0.1) is 0 Å². The summed E-state index contributed by atoms with van der Waals surface area (Å²) in [5, 5.41) is 2.53. The van der Waals surface area contributed by atoms with Crippen LogP contribution in [0.25, 0.3) is 0 Å². The second-order valence-electron chi connectivity index (χ2n) is 6.50. The summed E-state index contributed by atoms with van der Waals surface area (Å²) in [6.07, 6.45) is 2.27. The highest BCUT2D eigenvalue weighted by Crippen LogP contribution is 2.11. The Labute approximate surface area is 148 Å². The number of piperidine rings is 1. The smallest absolute Gasteiger partial charge is 0.326 e. The molecule has 1 heterocycles. The number of nitrogens with zero attached hydrogens (tertiary/aromatic N) is 1. The van der Waals surface area contributed by atoms with Crippen molar-refractivity contribution in [3.8, 4) is 0 Å². The number of hydrogen-bond donors (Lipinski definition) is 1. The maximum absolute atomic E-state index is 12.2. The van der Waals surface area contributed by atoms with E-state index in [1.165, 1.54) is 0 Å². The fraction of sp³-hybridized carbons (Fsp3) is 0.526. The number of esters is 1. The van der Waals surface area contributed by atoms with Gasteiger partial charge in [-0.2, -0.15) is 0 Å². The van der Waals surface area contributed by atoms with Gasteiger partial charge in [0.15, 0.2) is 6.10 Å². The van der Waals surface area contributed by atoms with Crippen molar-refractivity contribution in [3.63, 3.8) is 0 Å². The molecule has 0 saturated carbocycles. The normalized spacial score (nSPS) is 15.4. The molecule has 0 spiro atoms. The molecule has 0 bridgehead atoms. The van der Waals surface area contributed by atoms with Gasteiger partial charge in [-0.05, 0) is 63.3 Å². The SMILES string of the molecule is Cc1ccc(C(=O)NCC(=O)O[C@H](C)C(=O)N2CCCCC2)cc1C. The van der Waals surface area contributed by atoms with Crippen LogP contribution in [0.5, 0.6) is 0 Å². The summed E-state index contributed by atoms with van der Waals surface area (Å²) in [5.41, 5.74) is 2.60. The lowest BCUT2D eigenvalue weighted by Crippen LogP contribution is -2.43. The van der Waals surface area contributed by atoms with E-state index in [0.29, 0.717) is 18.7 Å². The molecule has 1 fully saturated rings. The topological polar surface area (TPSA) is 75.7 Å². The highest BCUT2D eigenvalue weighted by atomic mass is 16.5. The van der Waals surface area contributed by atoms with E-state index in [4.69, 9.17) is 4.74 Å². The van der Waals surface area contributed by atoms with Crippen molar-refractivity contribution in [1.29, 1.82) is 0 Å². The van der Waals surface area contributed by atoms with Crippen LogP contribution in [0.4, 0.5) is 0 Å². The van der Waals surface area contributed by atoms with Crippen LogP contribution in [0.3, 0.4) is 0 Å². The van der Waals surface area contributed by atoms with Crippen molar-refractivity contribution in [2.75, 3.05) is 19.6 Å². The van der Waals surface area contributed by atoms with Crippen LogP contribution < -0.4 is 5.32 Å². The molecule has 1 atom stereocenters. The largest absolute Gasteiger partial charge is 0.451 e. The third-order valence-electron chi connectivity index (χ3n) is 4.49. The molecule has 1 saturated heterocycles. The number of aryl methyl sites for hydroxylation is 2. The Kier molecular flexibility index (Phi) is 6.56. The van der Waals surface area contributed by atoms with E-state index in [9.17, 15) is 14.4 Å². The molecular formula is C19H26N2O4. The van der Waals surface area contributed by atoms with Gasteiger partial charge in [0.05, 0.1) is 0 Å². The Morgan fingerprint density at radius 1 is 1.12 bits per heavy atom. The van der Waals surface area contributed by atoms with Gasteiger partial charge in [-0.1, -0.05) is 6.07 Å². The van der Waals surface area contributed by atoms with Crippen molar-refractivity contribution in [3.05, 3.63) is 34.9 Å². The third kappa shape index (κ3) is 5.31. The summed E-state index contributed by atoms with van der Waals surface area (Å²) < 4.78 is 5.15. The van der Waals surface area contributed by atoms with Gasteiger partial charge < -0.3 is 15.0 Å². The first-order valence-electron chi connectivity index (χ1n) is 8.72. The maximum atomic E-state index is 12.2. The molecule has 25 heavy (non-hydrogen) atoms. The van der Waals surface area contributed by atoms with Crippen LogP contribution >= 0.6 is 0 Å². The number of ether oxygens (including phenoxy) is 1. The van der Waals surface area contributed by atoms with Gasteiger partial charge >= 0.3 is 5.97 Å². The van der Waals surface area contributed by atoms with Crippen LogP contribution in [0.2, 0.25) is 0 Å². The average Bonchev–Trinajstić information content (AvgIpc) is 2.62. The van der Waals surface area contributed by atoms with Gasteiger partial charge in [0.1, 0.15) is 6.54 Å². The molecule has 1 aliphatic heterocycles. The molecule has 1 aliphatic rings. The zero-order valence-electron chi connectivity index (χ0n) is 15.1. The van der Waals surface area contributed by atoms with Gasteiger partial charge in [0, 0.05) is 18.7 Å². The fourth-order valence-electron chi connectivity index (χ4n) is 2.80. The minimum atomic E-state index is -0.830. The highest BCUT2D eigenvalue weighted by molar-refractivity contribution is 5.96. The van der Waals surface area contributed by atoms with Gasteiger partial charge in [-0.25, -0.2) is 0 Å². The van der Waals surface area contributed by atoms with Crippen LogP contribution in [-0.2, 0) is 14.3 Å². The summed E-state index contributed by atoms with van der Waals surface area (Å²) in [4.78, 5) is 37.9. The van der Waals surface area contributed by atoms with Crippen molar-refractivity contribution in [2.45, 2.75) is 46.1 Å². The molecule has 1 aromatic carbocycles. The second kappa shape index (κ2) is 8.65. The minimum absolute atomic E-state index is 0.173. The number of benzene rings is 1. The summed E-state index contributed by atoms with van der Waals surface area (Å²) in [7, 11) is 0. The zero-order valence-corrected chi connectivity index (χ0v) is 15.1. The van der Waals surface area contributed by atoms with Crippen LogP contribution in [0, 0.1) is 13.8 Å². The number of hydrogen-bond acceptors (Lipinski definition) is 4. The number of amides is 2. The summed E-state index contributed by atoms with van der Waals surface area (Å²) in [6.45, 7) is 6.63. The van der Waals surface area contributed by atoms with E-state index < -0.39 is 12.1 Å². The second-order valence-corrected chi connectivity index (χ2v) is 6.50. The first kappa shape index (κ1) is 19.0. The molecule has 6 nitrogen and oxygen atoms in total. The van der Waals surface area contributed by atoms with E-state index >= 15 is 0 Å². The number of nitrogens with one attached hydrogen (secondary N) is 1. The van der Waals surface area contributed by atoms with Gasteiger partial charge in [0.2, 0.25) is 0 Å². The molecular weight excluding hydrogens is 320 g/mol. The number of likely N-dealkylation sites (tertiary alicyclic amines) is 1. The lowest BCUT2D eigenvalue weighted by atomic mass is 10.1. The molecule has 136 valence electrons. The molecule has 1 aromatic rings. The molecule has 0 unspecified atom stereocenters.